The SMILES string of the molecule is CC(O)CCCCCCCCCC(C)(C)C. The number of aliphatic hydroxyl groups excluding tert-OH is 1. The number of hydrogen-bond acceptors (Lipinski definition) is 1. The predicted octanol–water partition coefficient (Wildman–Crippen LogP) is 4.92. The highest BCUT2D eigenvalue weighted by Crippen LogP contribution is 2.22. The molecular weight excluding hydrogens is 196 g/mol. The minimum absolute atomic E-state index is 0.105. The molecular formula is C15H32O. The Morgan fingerprint density at radius 1 is 0.812 bits per heavy atom. The lowest BCUT2D eigenvalue weighted by Crippen LogP contribution is -2.03. The van der Waals surface area contributed by atoms with Crippen molar-refractivity contribution in [2.75, 3.05) is 0 Å². The Kier molecular flexibility index (Phi) is 9.02. The first-order chi connectivity index (χ1) is 7.42. The third kappa shape index (κ3) is 14.0. The van der Waals surface area contributed by atoms with Gasteiger partial charge >= 0.3 is 0 Å². The Hall–Kier alpha value is -0.0400. The number of rotatable bonds is 9. The van der Waals surface area contributed by atoms with E-state index in [9.17, 15) is 0 Å². The first-order valence-corrected chi connectivity index (χ1v) is 7.10. The third-order valence-electron chi connectivity index (χ3n) is 3.05. The lowest BCUT2D eigenvalue weighted by molar-refractivity contribution is 0.180. The summed E-state index contributed by atoms with van der Waals surface area (Å²) in [4.78, 5) is 0. The fraction of sp³-hybridized carbons (Fsp3) is 1.00. The Morgan fingerprint density at radius 3 is 1.69 bits per heavy atom. The number of aliphatic hydroxyl groups is 1. The molecule has 0 fully saturated rings. The van der Waals surface area contributed by atoms with Crippen LogP contribution in [0, 0.1) is 5.41 Å². The van der Waals surface area contributed by atoms with Crippen LogP contribution in [0.25, 0.3) is 0 Å². The van der Waals surface area contributed by atoms with Gasteiger partial charge < -0.3 is 5.11 Å². The molecule has 0 aromatic heterocycles. The summed E-state index contributed by atoms with van der Waals surface area (Å²) in [6.07, 6.45) is 11.6. The first kappa shape index (κ1) is 16.0. The molecule has 0 aliphatic heterocycles. The van der Waals surface area contributed by atoms with Gasteiger partial charge in [0, 0.05) is 0 Å². The summed E-state index contributed by atoms with van der Waals surface area (Å²) in [6, 6.07) is 0. The summed E-state index contributed by atoms with van der Waals surface area (Å²) in [5.74, 6) is 0. The highest BCUT2D eigenvalue weighted by atomic mass is 16.3. The fourth-order valence-electron chi connectivity index (χ4n) is 1.98. The molecule has 1 atom stereocenters. The average Bonchev–Trinajstić information content (AvgIpc) is 2.13. The van der Waals surface area contributed by atoms with E-state index in [4.69, 9.17) is 5.11 Å². The molecule has 0 saturated heterocycles. The molecule has 0 bridgehead atoms. The van der Waals surface area contributed by atoms with Gasteiger partial charge in [0.05, 0.1) is 6.10 Å². The van der Waals surface area contributed by atoms with E-state index in [0.29, 0.717) is 5.41 Å². The Labute approximate surface area is 103 Å². The van der Waals surface area contributed by atoms with Crippen molar-refractivity contribution in [1.29, 1.82) is 0 Å². The average molecular weight is 228 g/mol. The Bertz CT molecular complexity index is 144. The molecule has 98 valence electrons. The molecule has 0 amide bonds. The predicted molar refractivity (Wildman–Crippen MR) is 72.7 cm³/mol. The summed E-state index contributed by atoms with van der Waals surface area (Å²) in [5, 5.41) is 9.10. The molecule has 1 nitrogen and oxygen atoms in total. The highest BCUT2D eigenvalue weighted by molar-refractivity contribution is 4.61. The third-order valence-corrected chi connectivity index (χ3v) is 3.05. The molecule has 0 heterocycles. The normalized spacial score (nSPS) is 14.1. The van der Waals surface area contributed by atoms with Gasteiger partial charge in [-0.3, -0.25) is 0 Å². The van der Waals surface area contributed by atoms with Crippen LogP contribution in [0.5, 0.6) is 0 Å². The molecule has 0 aliphatic carbocycles. The smallest absolute Gasteiger partial charge is 0.0512 e. The molecule has 0 spiro atoms. The second kappa shape index (κ2) is 9.04. The molecule has 1 heteroatoms. The fourth-order valence-corrected chi connectivity index (χ4v) is 1.98. The Balaban J connectivity index is 3.05. The van der Waals surface area contributed by atoms with E-state index in [1.54, 1.807) is 0 Å². The number of hydrogen-bond donors (Lipinski definition) is 1. The van der Waals surface area contributed by atoms with E-state index in [0.717, 1.165) is 6.42 Å². The van der Waals surface area contributed by atoms with E-state index >= 15 is 0 Å². The van der Waals surface area contributed by atoms with Gasteiger partial charge in [-0.25, -0.2) is 0 Å². The van der Waals surface area contributed by atoms with Crippen LogP contribution < -0.4 is 0 Å². The molecule has 0 aromatic rings. The van der Waals surface area contributed by atoms with Gasteiger partial charge in [-0.1, -0.05) is 65.7 Å². The quantitative estimate of drug-likeness (QED) is 0.555. The molecule has 0 rings (SSSR count). The van der Waals surface area contributed by atoms with E-state index in [2.05, 4.69) is 20.8 Å². The minimum Gasteiger partial charge on any atom is -0.393 e. The van der Waals surface area contributed by atoms with Gasteiger partial charge in [0.2, 0.25) is 0 Å². The first-order valence-electron chi connectivity index (χ1n) is 7.10. The highest BCUT2D eigenvalue weighted by Gasteiger charge is 2.08. The zero-order chi connectivity index (χ0) is 12.4. The van der Waals surface area contributed by atoms with Crippen LogP contribution in [0.1, 0.15) is 85.5 Å². The van der Waals surface area contributed by atoms with Crippen molar-refractivity contribution in [3.63, 3.8) is 0 Å². The summed E-state index contributed by atoms with van der Waals surface area (Å²) < 4.78 is 0. The lowest BCUT2D eigenvalue weighted by atomic mass is 9.89. The van der Waals surface area contributed by atoms with Gasteiger partial charge in [-0.2, -0.15) is 0 Å². The molecule has 0 aliphatic rings. The van der Waals surface area contributed by atoms with Crippen LogP contribution >= 0.6 is 0 Å². The van der Waals surface area contributed by atoms with Crippen molar-refractivity contribution in [3.8, 4) is 0 Å². The van der Waals surface area contributed by atoms with Crippen molar-refractivity contribution >= 4 is 0 Å². The van der Waals surface area contributed by atoms with E-state index in [1.807, 2.05) is 6.92 Å². The maximum atomic E-state index is 9.10. The second-order valence-corrected chi connectivity index (χ2v) is 6.42. The molecule has 0 aromatic carbocycles. The largest absolute Gasteiger partial charge is 0.393 e. The van der Waals surface area contributed by atoms with Gasteiger partial charge in [0.1, 0.15) is 0 Å². The van der Waals surface area contributed by atoms with E-state index in [1.165, 1.54) is 51.4 Å². The number of unbranched alkanes of at least 4 members (excludes halogenated alkanes) is 6. The Morgan fingerprint density at radius 2 is 1.25 bits per heavy atom. The van der Waals surface area contributed by atoms with E-state index < -0.39 is 0 Å². The van der Waals surface area contributed by atoms with Gasteiger partial charge in [0.15, 0.2) is 0 Å². The monoisotopic (exact) mass is 228 g/mol. The standard InChI is InChI=1S/C15H32O/c1-14(16)12-10-8-6-5-7-9-11-13-15(2,3)4/h14,16H,5-13H2,1-4H3. The van der Waals surface area contributed by atoms with Crippen LogP contribution in [0.4, 0.5) is 0 Å². The van der Waals surface area contributed by atoms with Crippen LogP contribution in [0.2, 0.25) is 0 Å². The van der Waals surface area contributed by atoms with Crippen molar-refractivity contribution in [1.82, 2.24) is 0 Å². The van der Waals surface area contributed by atoms with Crippen LogP contribution in [0.15, 0.2) is 0 Å². The van der Waals surface area contributed by atoms with Crippen LogP contribution in [0.3, 0.4) is 0 Å². The zero-order valence-electron chi connectivity index (χ0n) is 11.9. The maximum absolute atomic E-state index is 9.10. The van der Waals surface area contributed by atoms with Gasteiger partial charge in [0.25, 0.3) is 0 Å². The van der Waals surface area contributed by atoms with Gasteiger partial charge in [-0.15, -0.1) is 0 Å². The molecule has 1 N–H and O–H groups in total. The molecule has 16 heavy (non-hydrogen) atoms. The zero-order valence-corrected chi connectivity index (χ0v) is 11.9. The van der Waals surface area contributed by atoms with E-state index in [-0.39, 0.29) is 6.10 Å². The minimum atomic E-state index is -0.105. The molecule has 0 radical (unpaired) electrons. The molecule has 1 unspecified atom stereocenters. The summed E-state index contributed by atoms with van der Waals surface area (Å²) in [6.45, 7) is 8.85. The second-order valence-electron chi connectivity index (χ2n) is 6.42. The van der Waals surface area contributed by atoms with Crippen LogP contribution in [-0.2, 0) is 0 Å². The topological polar surface area (TPSA) is 20.2 Å². The molecule has 0 saturated carbocycles. The summed E-state index contributed by atoms with van der Waals surface area (Å²) >= 11 is 0. The summed E-state index contributed by atoms with van der Waals surface area (Å²) in [7, 11) is 0. The van der Waals surface area contributed by atoms with Crippen LogP contribution in [-0.4, -0.2) is 11.2 Å². The van der Waals surface area contributed by atoms with Crippen molar-refractivity contribution in [2.24, 2.45) is 5.41 Å². The van der Waals surface area contributed by atoms with Gasteiger partial charge in [-0.05, 0) is 25.2 Å². The van der Waals surface area contributed by atoms with Crippen molar-refractivity contribution in [2.45, 2.75) is 91.6 Å². The summed E-state index contributed by atoms with van der Waals surface area (Å²) in [5.41, 5.74) is 0.511. The maximum Gasteiger partial charge on any atom is 0.0512 e. The van der Waals surface area contributed by atoms with Crippen molar-refractivity contribution in [3.05, 3.63) is 0 Å². The van der Waals surface area contributed by atoms with Crippen molar-refractivity contribution < 1.29 is 5.11 Å². The lowest BCUT2D eigenvalue weighted by Gasteiger charge is -2.17.